The van der Waals surface area contributed by atoms with Crippen LogP contribution < -0.4 is 9.47 Å². The van der Waals surface area contributed by atoms with Crippen molar-refractivity contribution in [3.8, 4) is 17.6 Å². The third-order valence-corrected chi connectivity index (χ3v) is 4.83. The largest absolute Gasteiger partial charge is 0.489 e. The highest BCUT2D eigenvalue weighted by molar-refractivity contribution is 6.01. The fraction of sp³-hybridized carbons (Fsp3) is 0.222. The van der Waals surface area contributed by atoms with Crippen molar-refractivity contribution in [2.75, 3.05) is 20.8 Å². The number of ether oxygens (including phenoxy) is 2. The summed E-state index contributed by atoms with van der Waals surface area (Å²) in [5.74, 6) is -0.352. The van der Waals surface area contributed by atoms with Gasteiger partial charge >= 0.3 is 5.97 Å². The van der Waals surface area contributed by atoms with Gasteiger partial charge in [0.15, 0.2) is 0 Å². The number of aliphatic hydroxyl groups is 1. The van der Waals surface area contributed by atoms with Crippen molar-refractivity contribution < 1.29 is 29.3 Å². The van der Waals surface area contributed by atoms with Crippen LogP contribution in [0.1, 0.15) is 29.0 Å². The van der Waals surface area contributed by atoms with E-state index in [1.165, 1.54) is 7.11 Å². The molecule has 0 bridgehead atoms. The van der Waals surface area contributed by atoms with Gasteiger partial charge in [-0.25, -0.2) is 0 Å². The molecular formula is C27H28N2O6. The summed E-state index contributed by atoms with van der Waals surface area (Å²) in [5.41, 5.74) is 3.23. The molecule has 2 N–H and O–H groups in total. The molecule has 0 aliphatic rings. The summed E-state index contributed by atoms with van der Waals surface area (Å²) >= 11 is 0. The molecule has 3 aromatic rings. The highest BCUT2D eigenvalue weighted by Crippen LogP contribution is 2.23. The third kappa shape index (κ3) is 8.84. The first kappa shape index (κ1) is 26.9. The Hall–Kier alpha value is -4.35. The molecule has 8 nitrogen and oxygen atoms in total. The van der Waals surface area contributed by atoms with E-state index < -0.39 is 11.9 Å². The molecule has 8 heteroatoms. The molecule has 0 aliphatic heterocycles. The van der Waals surface area contributed by atoms with E-state index in [0.29, 0.717) is 29.4 Å². The lowest BCUT2D eigenvalue weighted by molar-refractivity contribution is -0.137. The Labute approximate surface area is 204 Å². The molecule has 0 aromatic heterocycles. The van der Waals surface area contributed by atoms with E-state index in [9.17, 15) is 4.79 Å². The molecule has 0 aliphatic carbocycles. The summed E-state index contributed by atoms with van der Waals surface area (Å²) in [6, 6.07) is 26.2. The van der Waals surface area contributed by atoms with Crippen molar-refractivity contribution in [1.29, 1.82) is 5.26 Å². The minimum absolute atomic E-state index is 0.227. The van der Waals surface area contributed by atoms with Gasteiger partial charge < -0.3 is 24.5 Å². The van der Waals surface area contributed by atoms with Gasteiger partial charge in [0.25, 0.3) is 0 Å². The number of nitriles is 1. The molecule has 3 aromatic carbocycles. The van der Waals surface area contributed by atoms with Gasteiger partial charge in [0.1, 0.15) is 37.5 Å². The van der Waals surface area contributed by atoms with Gasteiger partial charge in [0, 0.05) is 12.7 Å². The summed E-state index contributed by atoms with van der Waals surface area (Å²) in [4.78, 5) is 15.8. The Bertz CT molecular complexity index is 1110. The standard InChI is InChI=1S/C26H24N2O5.CH4O/c1-31-28-25(21-5-3-2-4-6-21)18-33-23-11-7-19(8-12-23)17-32-24-13-9-20(10-14-24)22(16-27)15-26(29)30;1-2/h2-14,22H,15,17-18H2,1H3,(H,29,30);2H,1H3/b28-25-;. The van der Waals surface area contributed by atoms with Crippen molar-refractivity contribution in [3.05, 3.63) is 95.6 Å². The molecule has 0 saturated carbocycles. The van der Waals surface area contributed by atoms with Crippen LogP contribution in [-0.4, -0.2) is 42.7 Å². The lowest BCUT2D eigenvalue weighted by atomic mass is 9.97. The molecule has 35 heavy (non-hydrogen) atoms. The average molecular weight is 477 g/mol. The Balaban J connectivity index is 0.00000210. The Kier molecular flexibility index (Phi) is 11.3. The minimum atomic E-state index is -1.00. The topological polar surface area (TPSA) is 121 Å². The summed E-state index contributed by atoms with van der Waals surface area (Å²) in [7, 11) is 2.50. The Morgan fingerprint density at radius 1 is 0.943 bits per heavy atom. The molecule has 3 rings (SSSR count). The van der Waals surface area contributed by atoms with Crippen LogP contribution in [0.5, 0.6) is 11.5 Å². The van der Waals surface area contributed by atoms with Crippen LogP contribution in [0, 0.1) is 11.3 Å². The van der Waals surface area contributed by atoms with Crippen molar-refractivity contribution >= 4 is 11.7 Å². The summed E-state index contributed by atoms with van der Waals surface area (Å²) in [6.07, 6.45) is -0.227. The van der Waals surface area contributed by atoms with Gasteiger partial charge in [-0.05, 0) is 35.4 Å². The Morgan fingerprint density at radius 3 is 2.11 bits per heavy atom. The van der Waals surface area contributed by atoms with Crippen molar-refractivity contribution in [1.82, 2.24) is 0 Å². The normalized spacial score (nSPS) is 11.3. The quantitative estimate of drug-likeness (QED) is 0.311. The zero-order valence-corrected chi connectivity index (χ0v) is 19.6. The first-order valence-corrected chi connectivity index (χ1v) is 10.7. The number of rotatable bonds is 11. The van der Waals surface area contributed by atoms with Crippen LogP contribution in [-0.2, 0) is 16.2 Å². The number of hydrogen-bond donors (Lipinski definition) is 2. The van der Waals surface area contributed by atoms with Gasteiger partial charge in [-0.15, -0.1) is 0 Å². The van der Waals surface area contributed by atoms with E-state index in [4.69, 9.17) is 29.8 Å². The minimum Gasteiger partial charge on any atom is -0.489 e. The van der Waals surface area contributed by atoms with Crippen LogP contribution >= 0.6 is 0 Å². The number of carboxylic acid groups (broad SMARTS) is 1. The number of aliphatic carboxylic acids is 1. The second-order valence-electron chi connectivity index (χ2n) is 7.16. The molecule has 182 valence electrons. The molecular weight excluding hydrogens is 448 g/mol. The SMILES string of the molecule is CO.CO/N=C(/COc1ccc(COc2ccc(C(C#N)CC(=O)O)cc2)cc1)c1ccccc1. The summed E-state index contributed by atoms with van der Waals surface area (Å²) < 4.78 is 11.6. The number of nitrogens with zero attached hydrogens (tertiary/aromatic N) is 2. The van der Waals surface area contributed by atoms with Crippen LogP contribution in [0.3, 0.4) is 0 Å². The maximum absolute atomic E-state index is 10.9. The first-order chi connectivity index (χ1) is 17.1. The average Bonchev–Trinajstić information content (AvgIpc) is 2.91. The lowest BCUT2D eigenvalue weighted by Gasteiger charge is -2.11. The van der Waals surface area contributed by atoms with Crippen molar-refractivity contribution in [2.24, 2.45) is 5.16 Å². The van der Waals surface area contributed by atoms with Gasteiger partial charge in [-0.2, -0.15) is 5.26 Å². The maximum Gasteiger partial charge on any atom is 0.305 e. The van der Waals surface area contributed by atoms with Gasteiger partial charge in [-0.1, -0.05) is 59.8 Å². The lowest BCUT2D eigenvalue weighted by Crippen LogP contribution is -2.13. The maximum atomic E-state index is 10.9. The fourth-order valence-electron chi connectivity index (χ4n) is 3.11. The fourth-order valence-corrected chi connectivity index (χ4v) is 3.11. The van der Waals surface area contributed by atoms with Crippen LogP contribution in [0.2, 0.25) is 0 Å². The van der Waals surface area contributed by atoms with Crippen molar-refractivity contribution in [2.45, 2.75) is 18.9 Å². The number of benzene rings is 3. The van der Waals surface area contributed by atoms with E-state index in [0.717, 1.165) is 18.2 Å². The predicted octanol–water partition coefficient (Wildman–Crippen LogP) is 4.39. The number of carboxylic acids is 1. The second-order valence-corrected chi connectivity index (χ2v) is 7.16. The molecule has 1 unspecified atom stereocenters. The first-order valence-electron chi connectivity index (χ1n) is 10.7. The van der Waals surface area contributed by atoms with Gasteiger partial charge in [0.2, 0.25) is 0 Å². The Morgan fingerprint density at radius 2 is 1.54 bits per heavy atom. The number of oxime groups is 1. The molecule has 0 heterocycles. The van der Waals surface area contributed by atoms with E-state index >= 15 is 0 Å². The van der Waals surface area contributed by atoms with E-state index in [1.54, 1.807) is 24.3 Å². The van der Waals surface area contributed by atoms with E-state index in [1.807, 2.05) is 60.7 Å². The highest BCUT2D eigenvalue weighted by atomic mass is 16.6. The van der Waals surface area contributed by atoms with Crippen LogP contribution in [0.4, 0.5) is 0 Å². The zero-order chi connectivity index (χ0) is 25.5. The number of hydrogen-bond acceptors (Lipinski definition) is 7. The molecule has 0 fully saturated rings. The van der Waals surface area contributed by atoms with Crippen LogP contribution in [0.15, 0.2) is 84.0 Å². The molecule has 0 amide bonds. The highest BCUT2D eigenvalue weighted by Gasteiger charge is 2.14. The molecule has 0 radical (unpaired) electrons. The van der Waals surface area contributed by atoms with Gasteiger partial charge in [0.05, 0.1) is 18.4 Å². The molecule has 0 saturated heterocycles. The third-order valence-electron chi connectivity index (χ3n) is 4.83. The molecule has 0 spiro atoms. The zero-order valence-electron chi connectivity index (χ0n) is 19.6. The van der Waals surface area contributed by atoms with Crippen molar-refractivity contribution in [3.63, 3.8) is 0 Å². The van der Waals surface area contributed by atoms with Crippen LogP contribution in [0.25, 0.3) is 0 Å². The van der Waals surface area contributed by atoms with E-state index in [-0.39, 0.29) is 13.0 Å². The summed E-state index contributed by atoms with van der Waals surface area (Å²) in [6.45, 7) is 0.627. The monoisotopic (exact) mass is 476 g/mol. The smallest absolute Gasteiger partial charge is 0.305 e. The van der Waals surface area contributed by atoms with E-state index in [2.05, 4.69) is 5.16 Å². The molecule has 1 atom stereocenters. The van der Waals surface area contributed by atoms with Gasteiger partial charge in [-0.3, -0.25) is 4.79 Å². The summed E-state index contributed by atoms with van der Waals surface area (Å²) in [5, 5.41) is 29.1. The second kappa shape index (κ2) is 14.7. The predicted molar refractivity (Wildman–Crippen MR) is 131 cm³/mol. The number of carbonyl (C=O) groups is 1. The number of aliphatic hydroxyl groups excluding tert-OH is 1.